The second kappa shape index (κ2) is 5.13. The van der Waals surface area contributed by atoms with Gasteiger partial charge in [-0.25, -0.2) is 0 Å². The molecule has 1 saturated carbocycles. The Labute approximate surface area is 87.8 Å². The van der Waals surface area contributed by atoms with Crippen molar-refractivity contribution in [1.82, 2.24) is 4.90 Å². The zero-order valence-corrected chi connectivity index (χ0v) is 9.25. The van der Waals surface area contributed by atoms with Crippen LogP contribution >= 0.6 is 0 Å². The highest BCUT2D eigenvalue weighted by Crippen LogP contribution is 2.28. The third-order valence-electron chi connectivity index (χ3n) is 3.95. The molecule has 2 aliphatic rings. The normalized spacial score (nSPS) is 28.9. The summed E-state index contributed by atoms with van der Waals surface area (Å²) in [6, 6.07) is 0. The van der Waals surface area contributed by atoms with Crippen LogP contribution in [0.5, 0.6) is 0 Å². The minimum absolute atomic E-state index is 0.371. The van der Waals surface area contributed by atoms with E-state index in [2.05, 4.69) is 4.90 Å². The van der Waals surface area contributed by atoms with Crippen molar-refractivity contribution in [3.05, 3.63) is 0 Å². The van der Waals surface area contributed by atoms with Crippen molar-refractivity contribution in [2.45, 2.75) is 57.5 Å². The lowest BCUT2D eigenvalue weighted by Gasteiger charge is -2.38. The van der Waals surface area contributed by atoms with Gasteiger partial charge in [0.25, 0.3) is 0 Å². The second-order valence-corrected chi connectivity index (χ2v) is 4.99. The minimum Gasteiger partial charge on any atom is -0.315 e. The maximum absolute atomic E-state index is 6.35. The molecule has 0 bridgehead atoms. The van der Waals surface area contributed by atoms with Crippen molar-refractivity contribution in [3.8, 4) is 0 Å². The lowest BCUT2D eigenvalue weighted by molar-refractivity contribution is 0.101. The molecule has 1 heterocycles. The molecule has 2 heteroatoms. The van der Waals surface area contributed by atoms with Gasteiger partial charge in [0.1, 0.15) is 0 Å². The van der Waals surface area contributed by atoms with Crippen molar-refractivity contribution in [2.75, 3.05) is 13.1 Å². The molecule has 0 amide bonds. The second-order valence-electron chi connectivity index (χ2n) is 4.99. The van der Waals surface area contributed by atoms with E-state index in [4.69, 9.17) is 5.73 Å². The van der Waals surface area contributed by atoms with Crippen LogP contribution in [0.4, 0.5) is 0 Å². The van der Waals surface area contributed by atoms with Gasteiger partial charge in [0, 0.05) is 0 Å². The quantitative estimate of drug-likeness (QED) is 0.734. The monoisotopic (exact) mass is 196 g/mol. The van der Waals surface area contributed by atoms with Crippen molar-refractivity contribution in [3.63, 3.8) is 0 Å². The molecule has 2 fully saturated rings. The third kappa shape index (κ3) is 2.48. The summed E-state index contributed by atoms with van der Waals surface area (Å²) in [5, 5.41) is 0. The molecular weight excluding hydrogens is 172 g/mol. The summed E-state index contributed by atoms with van der Waals surface area (Å²) in [5.41, 5.74) is 6.35. The lowest BCUT2D eigenvalue weighted by Crippen LogP contribution is -2.49. The molecule has 1 aliphatic heterocycles. The zero-order valence-electron chi connectivity index (χ0n) is 9.25. The molecule has 1 unspecified atom stereocenters. The van der Waals surface area contributed by atoms with Gasteiger partial charge in [0.05, 0.1) is 6.17 Å². The summed E-state index contributed by atoms with van der Waals surface area (Å²) in [6.07, 6.45) is 11.5. The fourth-order valence-corrected chi connectivity index (χ4v) is 2.99. The Morgan fingerprint density at radius 3 is 2.07 bits per heavy atom. The number of rotatable bonds is 2. The highest BCUT2D eigenvalue weighted by atomic mass is 15.2. The van der Waals surface area contributed by atoms with Crippen molar-refractivity contribution >= 4 is 0 Å². The predicted molar refractivity (Wildman–Crippen MR) is 60.0 cm³/mol. The van der Waals surface area contributed by atoms with Crippen LogP contribution in [0.25, 0.3) is 0 Å². The van der Waals surface area contributed by atoms with E-state index in [1.807, 2.05) is 0 Å². The molecule has 0 spiro atoms. The van der Waals surface area contributed by atoms with Gasteiger partial charge < -0.3 is 5.73 Å². The van der Waals surface area contributed by atoms with Crippen LogP contribution in [0, 0.1) is 5.92 Å². The molecule has 2 N–H and O–H groups in total. The van der Waals surface area contributed by atoms with Gasteiger partial charge in [-0.15, -0.1) is 0 Å². The first kappa shape index (κ1) is 10.4. The number of nitrogens with two attached hydrogens (primary N) is 1. The maximum Gasteiger partial charge on any atom is 0.0600 e. The third-order valence-corrected chi connectivity index (χ3v) is 3.95. The highest BCUT2D eigenvalue weighted by molar-refractivity contribution is 4.79. The Morgan fingerprint density at radius 2 is 1.43 bits per heavy atom. The molecule has 2 rings (SSSR count). The SMILES string of the molecule is NC(C1CCCCC1)N1CCCCC1. The molecule has 82 valence electrons. The summed E-state index contributed by atoms with van der Waals surface area (Å²) >= 11 is 0. The minimum atomic E-state index is 0.371. The Hall–Kier alpha value is -0.0800. The Kier molecular flexibility index (Phi) is 3.82. The maximum atomic E-state index is 6.35. The van der Waals surface area contributed by atoms with Gasteiger partial charge in [0.2, 0.25) is 0 Å². The Morgan fingerprint density at radius 1 is 0.857 bits per heavy atom. The van der Waals surface area contributed by atoms with Crippen LogP contribution in [-0.4, -0.2) is 24.2 Å². The van der Waals surface area contributed by atoms with Crippen LogP contribution < -0.4 is 5.73 Å². The molecule has 1 atom stereocenters. The lowest BCUT2D eigenvalue weighted by atomic mass is 9.86. The largest absolute Gasteiger partial charge is 0.315 e. The number of likely N-dealkylation sites (tertiary alicyclic amines) is 1. The van der Waals surface area contributed by atoms with E-state index in [1.165, 1.54) is 64.5 Å². The van der Waals surface area contributed by atoms with Crippen LogP contribution in [0.1, 0.15) is 51.4 Å². The number of piperidine rings is 1. The summed E-state index contributed by atoms with van der Waals surface area (Å²) in [4.78, 5) is 2.53. The van der Waals surface area contributed by atoms with E-state index >= 15 is 0 Å². The summed E-state index contributed by atoms with van der Waals surface area (Å²) < 4.78 is 0. The standard InChI is InChI=1S/C12H24N2/c13-12(11-7-3-1-4-8-11)14-9-5-2-6-10-14/h11-12H,1-10,13H2. The molecule has 0 aromatic rings. The van der Waals surface area contributed by atoms with Crippen LogP contribution in [0.2, 0.25) is 0 Å². The Balaban J connectivity index is 1.82. The average Bonchev–Trinajstić information content (AvgIpc) is 2.30. The topological polar surface area (TPSA) is 29.3 Å². The number of hydrogen-bond acceptors (Lipinski definition) is 2. The van der Waals surface area contributed by atoms with E-state index in [1.54, 1.807) is 0 Å². The molecule has 0 radical (unpaired) electrons. The van der Waals surface area contributed by atoms with Crippen molar-refractivity contribution in [1.29, 1.82) is 0 Å². The predicted octanol–water partition coefficient (Wildman–Crippen LogP) is 2.34. The zero-order chi connectivity index (χ0) is 9.80. The first-order valence-corrected chi connectivity index (χ1v) is 6.37. The first-order chi connectivity index (χ1) is 6.88. The molecular formula is C12H24N2. The van der Waals surface area contributed by atoms with Gasteiger partial charge in [0.15, 0.2) is 0 Å². The summed E-state index contributed by atoms with van der Waals surface area (Å²) in [7, 11) is 0. The van der Waals surface area contributed by atoms with E-state index in [0.717, 1.165) is 5.92 Å². The molecule has 0 aromatic carbocycles. The fraction of sp³-hybridized carbons (Fsp3) is 1.00. The van der Waals surface area contributed by atoms with Crippen LogP contribution in [-0.2, 0) is 0 Å². The van der Waals surface area contributed by atoms with E-state index in [-0.39, 0.29) is 0 Å². The fourth-order valence-electron chi connectivity index (χ4n) is 2.99. The van der Waals surface area contributed by atoms with E-state index in [0.29, 0.717) is 6.17 Å². The molecule has 1 aliphatic carbocycles. The van der Waals surface area contributed by atoms with E-state index < -0.39 is 0 Å². The van der Waals surface area contributed by atoms with Gasteiger partial charge in [-0.2, -0.15) is 0 Å². The van der Waals surface area contributed by atoms with Crippen molar-refractivity contribution < 1.29 is 0 Å². The van der Waals surface area contributed by atoms with Crippen LogP contribution in [0.3, 0.4) is 0 Å². The molecule has 2 nitrogen and oxygen atoms in total. The molecule has 14 heavy (non-hydrogen) atoms. The summed E-state index contributed by atoms with van der Waals surface area (Å²) in [6.45, 7) is 2.50. The Bertz CT molecular complexity index is 140. The average molecular weight is 196 g/mol. The molecule has 1 saturated heterocycles. The highest BCUT2D eigenvalue weighted by Gasteiger charge is 2.26. The van der Waals surface area contributed by atoms with Gasteiger partial charge in [-0.3, -0.25) is 4.90 Å². The number of nitrogens with zero attached hydrogens (tertiary/aromatic N) is 1. The summed E-state index contributed by atoms with van der Waals surface area (Å²) in [5.74, 6) is 0.793. The van der Waals surface area contributed by atoms with Gasteiger partial charge in [-0.1, -0.05) is 25.7 Å². The van der Waals surface area contributed by atoms with Gasteiger partial charge in [-0.05, 0) is 44.7 Å². The van der Waals surface area contributed by atoms with Crippen molar-refractivity contribution in [2.24, 2.45) is 11.7 Å². The van der Waals surface area contributed by atoms with Crippen LogP contribution in [0.15, 0.2) is 0 Å². The van der Waals surface area contributed by atoms with Gasteiger partial charge >= 0.3 is 0 Å². The number of hydrogen-bond donors (Lipinski definition) is 1. The molecule has 0 aromatic heterocycles. The smallest absolute Gasteiger partial charge is 0.0600 e. The first-order valence-electron chi connectivity index (χ1n) is 6.37. The van der Waals surface area contributed by atoms with E-state index in [9.17, 15) is 0 Å².